The van der Waals surface area contributed by atoms with E-state index in [9.17, 15) is 4.79 Å². The summed E-state index contributed by atoms with van der Waals surface area (Å²) in [6.45, 7) is 2.40. The maximum absolute atomic E-state index is 12.2. The Morgan fingerprint density at radius 3 is 2.62 bits per heavy atom. The summed E-state index contributed by atoms with van der Waals surface area (Å²) in [5.41, 5.74) is 9.89. The number of hydrogen-bond acceptors (Lipinski definition) is 3. The predicted octanol–water partition coefficient (Wildman–Crippen LogP) is 4.28. The third kappa shape index (κ3) is 3.75. The molecule has 2 rings (SSSR count). The summed E-state index contributed by atoms with van der Waals surface area (Å²) < 4.78 is 5.45. The van der Waals surface area contributed by atoms with Crippen LogP contribution in [-0.4, -0.2) is 12.5 Å². The van der Waals surface area contributed by atoms with Crippen LogP contribution in [0.3, 0.4) is 0 Å². The molecule has 6 heteroatoms. The van der Waals surface area contributed by atoms with E-state index in [0.717, 1.165) is 0 Å². The standard InChI is InChI=1S/C15H14N4O2/c1-2-21-14-6-4-3-5-13(14)17-15(20)11-7-9-12(10-8-11)18-19-16/h3-10H,2H2,1H3,(H,17,20). The summed E-state index contributed by atoms with van der Waals surface area (Å²) in [4.78, 5) is 14.9. The van der Waals surface area contributed by atoms with Crippen molar-refractivity contribution in [3.63, 3.8) is 0 Å². The van der Waals surface area contributed by atoms with Crippen molar-refractivity contribution in [2.75, 3.05) is 11.9 Å². The SMILES string of the molecule is CCOc1ccccc1NC(=O)c1ccc(N=[N+]=[N-])cc1. The van der Waals surface area contributed by atoms with Gasteiger partial charge in [0.05, 0.1) is 12.3 Å². The fourth-order valence-corrected chi connectivity index (χ4v) is 1.78. The van der Waals surface area contributed by atoms with Crippen LogP contribution in [-0.2, 0) is 0 Å². The van der Waals surface area contributed by atoms with Gasteiger partial charge in [-0.2, -0.15) is 0 Å². The van der Waals surface area contributed by atoms with Gasteiger partial charge < -0.3 is 10.1 Å². The zero-order valence-electron chi connectivity index (χ0n) is 11.5. The molecule has 1 amide bonds. The Hall–Kier alpha value is -2.98. The smallest absolute Gasteiger partial charge is 0.255 e. The van der Waals surface area contributed by atoms with Crippen LogP contribution in [0.15, 0.2) is 53.6 Å². The quantitative estimate of drug-likeness (QED) is 0.504. The number of anilines is 1. The first-order valence-corrected chi connectivity index (χ1v) is 6.43. The molecule has 2 aromatic carbocycles. The van der Waals surface area contributed by atoms with Gasteiger partial charge in [-0.1, -0.05) is 29.4 Å². The van der Waals surface area contributed by atoms with Crippen LogP contribution in [0.5, 0.6) is 5.75 Å². The van der Waals surface area contributed by atoms with Gasteiger partial charge in [0.1, 0.15) is 5.75 Å². The second-order valence-electron chi connectivity index (χ2n) is 4.12. The number of hydrogen-bond donors (Lipinski definition) is 1. The van der Waals surface area contributed by atoms with Gasteiger partial charge in [-0.15, -0.1) is 0 Å². The molecule has 0 aliphatic carbocycles. The van der Waals surface area contributed by atoms with E-state index in [4.69, 9.17) is 10.3 Å². The Kier molecular flexibility index (Phi) is 4.79. The molecule has 0 spiro atoms. The highest BCUT2D eigenvalue weighted by Crippen LogP contribution is 2.24. The van der Waals surface area contributed by atoms with Gasteiger partial charge in [0.25, 0.3) is 5.91 Å². The van der Waals surface area contributed by atoms with Crippen LogP contribution in [0.2, 0.25) is 0 Å². The average molecular weight is 282 g/mol. The van der Waals surface area contributed by atoms with E-state index >= 15 is 0 Å². The lowest BCUT2D eigenvalue weighted by molar-refractivity contribution is 0.102. The zero-order valence-corrected chi connectivity index (χ0v) is 11.5. The first-order valence-electron chi connectivity index (χ1n) is 6.43. The van der Waals surface area contributed by atoms with Crippen molar-refractivity contribution in [3.05, 3.63) is 64.5 Å². The highest BCUT2D eigenvalue weighted by Gasteiger charge is 2.09. The molecule has 0 aliphatic rings. The van der Waals surface area contributed by atoms with E-state index < -0.39 is 0 Å². The highest BCUT2D eigenvalue weighted by molar-refractivity contribution is 6.05. The van der Waals surface area contributed by atoms with Gasteiger partial charge >= 0.3 is 0 Å². The van der Waals surface area contributed by atoms with Gasteiger partial charge in [-0.05, 0) is 36.7 Å². The second kappa shape index (κ2) is 6.98. The first-order chi connectivity index (χ1) is 10.2. The number of nitrogens with zero attached hydrogens (tertiary/aromatic N) is 3. The lowest BCUT2D eigenvalue weighted by atomic mass is 10.2. The third-order valence-corrected chi connectivity index (χ3v) is 2.72. The molecule has 6 nitrogen and oxygen atoms in total. The molecule has 0 heterocycles. The van der Waals surface area contributed by atoms with Crippen LogP contribution in [0.1, 0.15) is 17.3 Å². The van der Waals surface area contributed by atoms with E-state index in [2.05, 4.69) is 15.3 Å². The molecular weight excluding hydrogens is 268 g/mol. The van der Waals surface area contributed by atoms with Crippen molar-refractivity contribution in [1.29, 1.82) is 0 Å². The Morgan fingerprint density at radius 1 is 1.24 bits per heavy atom. The number of carbonyl (C=O) groups excluding carboxylic acids is 1. The van der Waals surface area contributed by atoms with E-state index in [1.165, 1.54) is 0 Å². The first kappa shape index (κ1) is 14.4. The predicted molar refractivity (Wildman–Crippen MR) is 80.8 cm³/mol. The van der Waals surface area contributed by atoms with E-state index in [0.29, 0.717) is 29.3 Å². The van der Waals surface area contributed by atoms with Crippen LogP contribution < -0.4 is 10.1 Å². The molecule has 0 radical (unpaired) electrons. The number of para-hydroxylation sites is 2. The molecule has 0 saturated carbocycles. The average Bonchev–Trinajstić information content (AvgIpc) is 2.50. The Labute approximate surface area is 122 Å². The zero-order chi connectivity index (χ0) is 15.1. The number of benzene rings is 2. The van der Waals surface area contributed by atoms with Crippen LogP contribution >= 0.6 is 0 Å². The lowest BCUT2D eigenvalue weighted by Gasteiger charge is -2.11. The van der Waals surface area contributed by atoms with E-state index in [1.807, 2.05) is 19.1 Å². The Balaban J connectivity index is 2.16. The molecule has 0 fully saturated rings. The largest absolute Gasteiger partial charge is 0.492 e. The Morgan fingerprint density at radius 2 is 1.95 bits per heavy atom. The summed E-state index contributed by atoms with van der Waals surface area (Å²) in [6.07, 6.45) is 0. The summed E-state index contributed by atoms with van der Waals surface area (Å²) in [5, 5.41) is 6.25. The van der Waals surface area contributed by atoms with Crippen molar-refractivity contribution >= 4 is 17.3 Å². The molecule has 0 aromatic heterocycles. The second-order valence-corrected chi connectivity index (χ2v) is 4.12. The number of ether oxygens (including phenoxy) is 1. The third-order valence-electron chi connectivity index (χ3n) is 2.72. The maximum atomic E-state index is 12.2. The minimum absolute atomic E-state index is 0.255. The summed E-state index contributed by atoms with van der Waals surface area (Å²) in [5.74, 6) is 0.369. The molecule has 1 N–H and O–H groups in total. The topological polar surface area (TPSA) is 87.1 Å². The molecule has 0 atom stereocenters. The highest BCUT2D eigenvalue weighted by atomic mass is 16.5. The monoisotopic (exact) mass is 282 g/mol. The van der Waals surface area contributed by atoms with Crippen molar-refractivity contribution in [3.8, 4) is 5.75 Å². The summed E-state index contributed by atoms with van der Waals surface area (Å²) >= 11 is 0. The number of azide groups is 1. The normalized spacial score (nSPS) is 9.57. The van der Waals surface area contributed by atoms with Gasteiger partial charge in [-0.25, -0.2) is 0 Å². The number of carbonyl (C=O) groups is 1. The fraction of sp³-hybridized carbons (Fsp3) is 0.133. The number of rotatable bonds is 5. The van der Waals surface area contributed by atoms with E-state index in [-0.39, 0.29) is 5.91 Å². The summed E-state index contributed by atoms with van der Waals surface area (Å²) in [7, 11) is 0. The van der Waals surface area contributed by atoms with Crippen LogP contribution in [0.25, 0.3) is 10.4 Å². The van der Waals surface area contributed by atoms with E-state index in [1.54, 1.807) is 36.4 Å². The molecule has 0 aliphatic heterocycles. The van der Waals surface area contributed by atoms with Gasteiger partial charge in [0, 0.05) is 16.2 Å². The molecule has 0 saturated heterocycles. The van der Waals surface area contributed by atoms with Crippen LogP contribution in [0.4, 0.5) is 11.4 Å². The molecule has 0 unspecified atom stereocenters. The van der Waals surface area contributed by atoms with Crippen molar-refractivity contribution in [1.82, 2.24) is 0 Å². The van der Waals surface area contributed by atoms with Gasteiger partial charge in [0.15, 0.2) is 0 Å². The number of nitrogens with one attached hydrogen (secondary N) is 1. The van der Waals surface area contributed by atoms with Gasteiger partial charge in [0.2, 0.25) is 0 Å². The molecule has 2 aromatic rings. The minimum Gasteiger partial charge on any atom is -0.492 e. The van der Waals surface area contributed by atoms with Crippen molar-refractivity contribution in [2.45, 2.75) is 6.92 Å². The maximum Gasteiger partial charge on any atom is 0.255 e. The molecular formula is C15H14N4O2. The Bertz CT molecular complexity index is 676. The molecule has 106 valence electrons. The number of amides is 1. The molecule has 0 bridgehead atoms. The van der Waals surface area contributed by atoms with Crippen LogP contribution in [0, 0.1) is 0 Å². The van der Waals surface area contributed by atoms with Gasteiger partial charge in [-0.3, -0.25) is 4.79 Å². The minimum atomic E-state index is -0.255. The van der Waals surface area contributed by atoms with Crippen molar-refractivity contribution < 1.29 is 9.53 Å². The lowest BCUT2D eigenvalue weighted by Crippen LogP contribution is -2.12. The fourth-order valence-electron chi connectivity index (χ4n) is 1.78. The molecule has 21 heavy (non-hydrogen) atoms. The van der Waals surface area contributed by atoms with Crippen molar-refractivity contribution in [2.24, 2.45) is 5.11 Å². The summed E-state index contributed by atoms with van der Waals surface area (Å²) in [6, 6.07) is 13.6.